The van der Waals surface area contributed by atoms with Crippen LogP contribution in [0.15, 0.2) is 18.2 Å². The lowest BCUT2D eigenvalue weighted by atomic mass is 10.0. The van der Waals surface area contributed by atoms with Crippen molar-refractivity contribution in [1.29, 1.82) is 0 Å². The summed E-state index contributed by atoms with van der Waals surface area (Å²) < 4.78 is 25.6. The number of benzene rings is 1. The van der Waals surface area contributed by atoms with Gasteiger partial charge in [-0.3, -0.25) is 9.52 Å². The molecule has 0 radical (unpaired) electrons. The molecule has 0 fully saturated rings. The topological polar surface area (TPSA) is 108 Å². The summed E-state index contributed by atoms with van der Waals surface area (Å²) in [4.78, 5) is 16.5. The molecular formula is C15H21N3O4S2. The number of rotatable bonds is 7. The van der Waals surface area contributed by atoms with Crippen LogP contribution < -0.4 is 10.0 Å². The first-order valence-corrected chi connectivity index (χ1v) is 10.2. The van der Waals surface area contributed by atoms with Crippen molar-refractivity contribution in [1.82, 2.24) is 10.3 Å². The molecule has 0 spiro atoms. The molecule has 3 N–H and O–H groups in total. The molecular weight excluding hydrogens is 350 g/mol. The number of aromatic nitrogens is 1. The van der Waals surface area contributed by atoms with E-state index in [-0.39, 0.29) is 23.7 Å². The summed E-state index contributed by atoms with van der Waals surface area (Å²) in [6.07, 6.45) is 1.75. The van der Waals surface area contributed by atoms with Gasteiger partial charge in [-0.05, 0) is 30.5 Å². The third kappa shape index (κ3) is 5.15. The lowest BCUT2D eigenvalue weighted by Gasteiger charge is -2.18. The number of carbonyl (C=O) groups is 1. The molecule has 0 saturated carbocycles. The molecule has 1 amide bonds. The van der Waals surface area contributed by atoms with Gasteiger partial charge in [0, 0.05) is 5.56 Å². The molecule has 0 aliphatic carbocycles. The first-order chi connectivity index (χ1) is 11.2. The molecule has 24 heavy (non-hydrogen) atoms. The van der Waals surface area contributed by atoms with Crippen LogP contribution in [-0.2, 0) is 10.0 Å². The number of anilines is 1. The molecule has 2 aromatic rings. The average molecular weight is 371 g/mol. The van der Waals surface area contributed by atoms with Crippen molar-refractivity contribution in [3.63, 3.8) is 0 Å². The van der Waals surface area contributed by atoms with Gasteiger partial charge < -0.3 is 10.4 Å². The minimum absolute atomic E-state index is 0.116. The molecule has 1 heterocycles. The lowest BCUT2D eigenvalue weighted by Crippen LogP contribution is -2.38. The highest BCUT2D eigenvalue weighted by molar-refractivity contribution is 7.92. The van der Waals surface area contributed by atoms with Crippen molar-refractivity contribution in [3.8, 4) is 0 Å². The van der Waals surface area contributed by atoms with E-state index in [1.165, 1.54) is 0 Å². The highest BCUT2D eigenvalue weighted by Gasteiger charge is 2.16. The van der Waals surface area contributed by atoms with Crippen molar-refractivity contribution < 1.29 is 18.3 Å². The Labute approximate surface area is 145 Å². The van der Waals surface area contributed by atoms with Gasteiger partial charge in [0.15, 0.2) is 5.13 Å². The minimum Gasteiger partial charge on any atom is -0.394 e. The van der Waals surface area contributed by atoms with E-state index in [1.807, 2.05) is 13.8 Å². The quantitative estimate of drug-likeness (QED) is 0.688. The van der Waals surface area contributed by atoms with E-state index in [0.29, 0.717) is 28.1 Å². The van der Waals surface area contributed by atoms with Gasteiger partial charge in [0.05, 0.1) is 29.1 Å². The summed E-state index contributed by atoms with van der Waals surface area (Å²) in [6.45, 7) is 3.93. The number of nitrogens with one attached hydrogen (secondary N) is 2. The zero-order valence-electron chi connectivity index (χ0n) is 13.7. The Morgan fingerprint density at radius 3 is 2.67 bits per heavy atom. The van der Waals surface area contributed by atoms with Crippen molar-refractivity contribution in [2.75, 3.05) is 17.6 Å². The fourth-order valence-electron chi connectivity index (χ4n) is 2.28. The van der Waals surface area contributed by atoms with Gasteiger partial charge in [0.25, 0.3) is 5.91 Å². The third-order valence-corrected chi connectivity index (χ3v) is 4.86. The smallest absolute Gasteiger partial charge is 0.251 e. The number of aliphatic hydroxyl groups excluding tert-OH is 1. The summed E-state index contributed by atoms with van der Waals surface area (Å²) in [6, 6.07) is 4.67. The summed E-state index contributed by atoms with van der Waals surface area (Å²) in [5.41, 5.74) is 1.06. The van der Waals surface area contributed by atoms with Gasteiger partial charge >= 0.3 is 0 Å². The summed E-state index contributed by atoms with van der Waals surface area (Å²) in [7, 11) is -3.39. The van der Waals surface area contributed by atoms with Crippen LogP contribution in [-0.4, -0.2) is 43.3 Å². The van der Waals surface area contributed by atoms with E-state index < -0.39 is 10.0 Å². The highest BCUT2D eigenvalue weighted by atomic mass is 32.2. The van der Waals surface area contributed by atoms with Gasteiger partial charge in [0.1, 0.15) is 0 Å². The SMILES string of the molecule is CC(C)CC(CO)NC(=O)c1ccc2nc(NS(C)(=O)=O)sc2c1. The molecule has 0 aliphatic rings. The Morgan fingerprint density at radius 2 is 2.08 bits per heavy atom. The van der Waals surface area contributed by atoms with Crippen LogP contribution in [0, 0.1) is 5.92 Å². The van der Waals surface area contributed by atoms with Gasteiger partial charge in [-0.2, -0.15) is 0 Å². The Hall–Kier alpha value is -1.71. The predicted molar refractivity (Wildman–Crippen MR) is 95.9 cm³/mol. The van der Waals surface area contributed by atoms with Crippen LogP contribution in [0.2, 0.25) is 0 Å². The Morgan fingerprint density at radius 1 is 1.38 bits per heavy atom. The maximum atomic E-state index is 12.3. The van der Waals surface area contributed by atoms with Crippen LogP contribution in [0.25, 0.3) is 10.2 Å². The van der Waals surface area contributed by atoms with Crippen molar-refractivity contribution >= 4 is 42.6 Å². The molecule has 0 aliphatic heterocycles. The number of sulfonamides is 1. The molecule has 9 heteroatoms. The number of nitrogens with zero attached hydrogens (tertiary/aromatic N) is 1. The van der Waals surface area contributed by atoms with Crippen LogP contribution >= 0.6 is 11.3 Å². The Balaban J connectivity index is 2.18. The fraction of sp³-hybridized carbons (Fsp3) is 0.467. The fourth-order valence-corrected chi connectivity index (χ4v) is 4.03. The first-order valence-electron chi connectivity index (χ1n) is 7.48. The van der Waals surface area contributed by atoms with Crippen LogP contribution in [0.5, 0.6) is 0 Å². The molecule has 132 valence electrons. The second-order valence-electron chi connectivity index (χ2n) is 6.06. The number of hydrogen-bond donors (Lipinski definition) is 3. The molecule has 0 bridgehead atoms. The zero-order valence-corrected chi connectivity index (χ0v) is 15.4. The van der Waals surface area contributed by atoms with E-state index in [1.54, 1.807) is 18.2 Å². The largest absolute Gasteiger partial charge is 0.394 e. The van der Waals surface area contributed by atoms with E-state index in [4.69, 9.17) is 0 Å². The average Bonchev–Trinajstić information content (AvgIpc) is 2.84. The minimum atomic E-state index is -3.39. The monoisotopic (exact) mass is 371 g/mol. The van der Waals surface area contributed by atoms with Gasteiger partial charge in [-0.15, -0.1) is 0 Å². The Bertz CT molecular complexity index is 830. The molecule has 1 atom stereocenters. The van der Waals surface area contributed by atoms with E-state index >= 15 is 0 Å². The zero-order chi connectivity index (χ0) is 17.9. The van der Waals surface area contributed by atoms with E-state index in [9.17, 15) is 18.3 Å². The van der Waals surface area contributed by atoms with Crippen molar-refractivity contribution in [3.05, 3.63) is 23.8 Å². The summed E-state index contributed by atoms with van der Waals surface area (Å²) in [5.74, 6) is 0.0821. The molecule has 1 aromatic carbocycles. The standard InChI is InChI=1S/C15H21N3O4S2/c1-9(2)6-11(8-19)16-14(20)10-4-5-12-13(7-10)23-15(17-12)18-24(3,21)22/h4-5,7,9,11,19H,6,8H2,1-3H3,(H,16,20)(H,17,18). The molecule has 1 unspecified atom stereocenters. The third-order valence-electron chi connectivity index (χ3n) is 3.23. The normalized spacial score (nSPS) is 13.2. The summed E-state index contributed by atoms with van der Waals surface area (Å²) in [5, 5.41) is 12.4. The predicted octanol–water partition coefficient (Wildman–Crippen LogP) is 1.80. The number of hydrogen-bond acceptors (Lipinski definition) is 6. The number of thiazole rings is 1. The van der Waals surface area contributed by atoms with Crippen molar-refractivity contribution in [2.45, 2.75) is 26.3 Å². The van der Waals surface area contributed by atoms with Gasteiger partial charge in [-0.1, -0.05) is 25.2 Å². The first kappa shape index (κ1) is 18.6. The molecule has 1 aromatic heterocycles. The van der Waals surface area contributed by atoms with E-state index in [2.05, 4.69) is 15.0 Å². The van der Waals surface area contributed by atoms with Gasteiger partial charge in [0.2, 0.25) is 10.0 Å². The van der Waals surface area contributed by atoms with Crippen LogP contribution in [0.3, 0.4) is 0 Å². The second-order valence-corrected chi connectivity index (χ2v) is 8.84. The maximum absolute atomic E-state index is 12.3. The number of aliphatic hydroxyl groups is 1. The maximum Gasteiger partial charge on any atom is 0.251 e. The van der Waals surface area contributed by atoms with Crippen LogP contribution in [0.4, 0.5) is 5.13 Å². The summed E-state index contributed by atoms with van der Waals surface area (Å²) >= 11 is 1.16. The van der Waals surface area contributed by atoms with Crippen LogP contribution in [0.1, 0.15) is 30.6 Å². The number of fused-ring (bicyclic) bond motifs is 1. The van der Waals surface area contributed by atoms with Gasteiger partial charge in [-0.25, -0.2) is 13.4 Å². The number of amides is 1. The molecule has 2 rings (SSSR count). The van der Waals surface area contributed by atoms with Crippen molar-refractivity contribution in [2.24, 2.45) is 5.92 Å². The molecule has 0 saturated heterocycles. The second kappa shape index (κ2) is 7.45. The molecule has 7 nitrogen and oxygen atoms in total. The lowest BCUT2D eigenvalue weighted by molar-refractivity contribution is 0.0908. The highest BCUT2D eigenvalue weighted by Crippen LogP contribution is 2.27. The Kier molecular flexibility index (Phi) is 5.79. The van der Waals surface area contributed by atoms with E-state index in [0.717, 1.165) is 17.6 Å². The number of carbonyl (C=O) groups excluding carboxylic acids is 1.